The van der Waals surface area contributed by atoms with Crippen molar-refractivity contribution >= 4 is 16.9 Å². The Bertz CT molecular complexity index is 929. The van der Waals surface area contributed by atoms with E-state index in [-0.39, 0.29) is 18.2 Å². The lowest BCUT2D eigenvalue weighted by Crippen LogP contribution is -2.25. The first-order valence-corrected chi connectivity index (χ1v) is 7.78. The molecule has 0 saturated heterocycles. The SMILES string of the molecule is COc1cccc2cc(C(=O)N(C)Cc3ccc(C(F)(F)F)cc3)oc12. The molecule has 0 aliphatic heterocycles. The average Bonchev–Trinajstić information content (AvgIpc) is 3.04. The van der Waals surface area contributed by atoms with Gasteiger partial charge in [0.25, 0.3) is 5.91 Å². The van der Waals surface area contributed by atoms with E-state index in [2.05, 4.69) is 0 Å². The fourth-order valence-electron chi connectivity index (χ4n) is 2.64. The van der Waals surface area contributed by atoms with Gasteiger partial charge in [-0.3, -0.25) is 4.79 Å². The Labute approximate surface area is 147 Å². The Hall–Kier alpha value is -2.96. The van der Waals surface area contributed by atoms with Crippen LogP contribution in [0.2, 0.25) is 0 Å². The molecule has 0 bridgehead atoms. The Morgan fingerprint density at radius 2 is 1.85 bits per heavy atom. The largest absolute Gasteiger partial charge is 0.493 e. The first-order valence-electron chi connectivity index (χ1n) is 7.78. The number of hydrogen-bond donors (Lipinski definition) is 0. The van der Waals surface area contributed by atoms with Gasteiger partial charge in [-0.15, -0.1) is 0 Å². The fourth-order valence-corrected chi connectivity index (χ4v) is 2.64. The number of carbonyl (C=O) groups excluding carboxylic acids is 1. The number of para-hydroxylation sites is 1. The zero-order chi connectivity index (χ0) is 18.9. The van der Waals surface area contributed by atoms with Crippen molar-refractivity contribution in [3.8, 4) is 5.75 Å². The lowest BCUT2D eigenvalue weighted by atomic mass is 10.1. The van der Waals surface area contributed by atoms with Gasteiger partial charge in [-0.05, 0) is 29.8 Å². The summed E-state index contributed by atoms with van der Waals surface area (Å²) in [6, 6.07) is 11.6. The molecule has 0 fully saturated rings. The van der Waals surface area contributed by atoms with Crippen LogP contribution in [-0.2, 0) is 12.7 Å². The van der Waals surface area contributed by atoms with Crippen LogP contribution < -0.4 is 4.74 Å². The summed E-state index contributed by atoms with van der Waals surface area (Å²) in [5.41, 5.74) is 0.337. The van der Waals surface area contributed by atoms with E-state index in [1.165, 1.54) is 24.1 Å². The number of hydrogen-bond acceptors (Lipinski definition) is 3. The molecule has 4 nitrogen and oxygen atoms in total. The number of carbonyl (C=O) groups is 1. The van der Waals surface area contributed by atoms with Crippen LogP contribution in [0.4, 0.5) is 13.2 Å². The highest BCUT2D eigenvalue weighted by molar-refractivity contribution is 5.97. The summed E-state index contributed by atoms with van der Waals surface area (Å²) in [5.74, 6) is 0.286. The van der Waals surface area contributed by atoms with E-state index in [0.29, 0.717) is 16.9 Å². The van der Waals surface area contributed by atoms with Crippen LogP contribution in [0.3, 0.4) is 0 Å². The van der Waals surface area contributed by atoms with Crippen molar-refractivity contribution in [2.24, 2.45) is 0 Å². The number of alkyl halides is 3. The van der Waals surface area contributed by atoms with E-state index in [4.69, 9.17) is 9.15 Å². The molecule has 0 aliphatic rings. The van der Waals surface area contributed by atoms with Crippen LogP contribution in [0.25, 0.3) is 11.0 Å². The van der Waals surface area contributed by atoms with E-state index < -0.39 is 11.7 Å². The molecule has 0 unspecified atom stereocenters. The summed E-state index contributed by atoms with van der Waals surface area (Å²) in [7, 11) is 3.07. The second-order valence-corrected chi connectivity index (χ2v) is 5.85. The third-order valence-electron chi connectivity index (χ3n) is 3.99. The maximum atomic E-state index is 12.6. The molecular formula is C19H16F3NO3. The number of amides is 1. The highest BCUT2D eigenvalue weighted by Gasteiger charge is 2.30. The highest BCUT2D eigenvalue weighted by Crippen LogP contribution is 2.30. The summed E-state index contributed by atoms with van der Waals surface area (Å²) in [6.45, 7) is 0.158. The molecule has 26 heavy (non-hydrogen) atoms. The Balaban J connectivity index is 1.77. The van der Waals surface area contributed by atoms with Crippen molar-refractivity contribution in [2.45, 2.75) is 12.7 Å². The van der Waals surface area contributed by atoms with Gasteiger partial charge in [0, 0.05) is 19.0 Å². The molecule has 2 aromatic carbocycles. The molecule has 0 aliphatic carbocycles. The summed E-state index contributed by atoms with van der Waals surface area (Å²) in [6.07, 6.45) is -4.38. The molecule has 0 radical (unpaired) electrons. The van der Waals surface area contributed by atoms with Gasteiger partial charge in [-0.2, -0.15) is 13.2 Å². The Kier molecular flexibility index (Phi) is 4.63. The molecule has 3 rings (SSSR count). The van der Waals surface area contributed by atoms with Gasteiger partial charge >= 0.3 is 6.18 Å². The molecule has 136 valence electrons. The topological polar surface area (TPSA) is 42.7 Å². The zero-order valence-electron chi connectivity index (χ0n) is 14.1. The average molecular weight is 363 g/mol. The van der Waals surface area contributed by atoms with E-state index in [9.17, 15) is 18.0 Å². The minimum atomic E-state index is -4.38. The van der Waals surface area contributed by atoms with Crippen LogP contribution in [0.15, 0.2) is 52.9 Å². The molecule has 1 amide bonds. The van der Waals surface area contributed by atoms with Gasteiger partial charge in [0.05, 0.1) is 12.7 Å². The number of rotatable bonds is 4. The van der Waals surface area contributed by atoms with E-state index in [1.807, 2.05) is 0 Å². The number of ether oxygens (including phenoxy) is 1. The monoisotopic (exact) mass is 363 g/mol. The van der Waals surface area contributed by atoms with Gasteiger partial charge in [0.2, 0.25) is 0 Å². The minimum Gasteiger partial charge on any atom is -0.493 e. The van der Waals surface area contributed by atoms with Crippen molar-refractivity contribution in [1.82, 2.24) is 4.90 Å². The predicted octanol–water partition coefficient (Wildman–Crippen LogP) is 4.73. The van der Waals surface area contributed by atoms with E-state index in [1.54, 1.807) is 31.3 Å². The molecule has 0 atom stereocenters. The molecule has 0 saturated carbocycles. The predicted molar refractivity (Wildman–Crippen MR) is 90.0 cm³/mol. The normalized spacial score (nSPS) is 11.6. The first kappa shape index (κ1) is 17.8. The molecule has 1 heterocycles. The number of methoxy groups -OCH3 is 1. The number of halogens is 3. The van der Waals surface area contributed by atoms with Crippen molar-refractivity contribution in [3.63, 3.8) is 0 Å². The smallest absolute Gasteiger partial charge is 0.416 e. The van der Waals surface area contributed by atoms with Crippen molar-refractivity contribution < 1.29 is 27.1 Å². The van der Waals surface area contributed by atoms with Crippen LogP contribution >= 0.6 is 0 Å². The number of fused-ring (bicyclic) bond motifs is 1. The maximum Gasteiger partial charge on any atom is 0.416 e. The Morgan fingerprint density at radius 3 is 2.46 bits per heavy atom. The standard InChI is InChI=1S/C19H16F3NO3/c1-23(11-12-6-8-14(9-7-12)19(20,21)22)18(24)16-10-13-4-3-5-15(25-2)17(13)26-16/h3-10H,11H2,1-2H3. The van der Waals surface area contributed by atoms with Crippen LogP contribution in [0, 0.1) is 0 Å². The third kappa shape index (κ3) is 3.51. The van der Waals surface area contributed by atoms with Gasteiger partial charge in [-0.25, -0.2) is 0 Å². The summed E-state index contributed by atoms with van der Waals surface area (Å²) in [4.78, 5) is 13.9. The second kappa shape index (κ2) is 6.74. The van der Waals surface area contributed by atoms with Crippen molar-refractivity contribution in [3.05, 3.63) is 65.4 Å². The molecular weight excluding hydrogens is 347 g/mol. The summed E-state index contributed by atoms with van der Waals surface area (Å²) < 4.78 is 48.6. The fraction of sp³-hybridized carbons (Fsp3) is 0.211. The second-order valence-electron chi connectivity index (χ2n) is 5.85. The summed E-state index contributed by atoms with van der Waals surface area (Å²) in [5, 5.41) is 0.732. The number of furan rings is 1. The van der Waals surface area contributed by atoms with E-state index in [0.717, 1.165) is 17.5 Å². The minimum absolute atomic E-state index is 0.138. The van der Waals surface area contributed by atoms with E-state index >= 15 is 0 Å². The zero-order valence-corrected chi connectivity index (χ0v) is 14.1. The Morgan fingerprint density at radius 1 is 1.15 bits per heavy atom. The van der Waals surface area contributed by atoms with Crippen LogP contribution in [0.1, 0.15) is 21.7 Å². The number of benzene rings is 2. The highest BCUT2D eigenvalue weighted by atomic mass is 19.4. The van der Waals surface area contributed by atoms with Gasteiger partial charge < -0.3 is 14.1 Å². The molecule has 1 aromatic heterocycles. The van der Waals surface area contributed by atoms with Crippen molar-refractivity contribution in [1.29, 1.82) is 0 Å². The first-order chi connectivity index (χ1) is 12.3. The molecule has 3 aromatic rings. The molecule has 0 N–H and O–H groups in total. The van der Waals surface area contributed by atoms with Crippen LogP contribution in [-0.4, -0.2) is 25.0 Å². The quantitative estimate of drug-likeness (QED) is 0.673. The van der Waals surface area contributed by atoms with Gasteiger partial charge in [0.15, 0.2) is 17.1 Å². The third-order valence-corrected chi connectivity index (χ3v) is 3.99. The lowest BCUT2D eigenvalue weighted by molar-refractivity contribution is -0.137. The van der Waals surface area contributed by atoms with Crippen LogP contribution in [0.5, 0.6) is 5.75 Å². The summed E-state index contributed by atoms with van der Waals surface area (Å²) >= 11 is 0. The van der Waals surface area contributed by atoms with Crippen molar-refractivity contribution in [2.75, 3.05) is 14.2 Å². The molecule has 7 heteroatoms. The van der Waals surface area contributed by atoms with Gasteiger partial charge in [0.1, 0.15) is 0 Å². The van der Waals surface area contributed by atoms with Gasteiger partial charge in [-0.1, -0.05) is 24.3 Å². The maximum absolute atomic E-state index is 12.6. The number of nitrogens with zero attached hydrogens (tertiary/aromatic N) is 1. The molecule has 0 spiro atoms. The lowest BCUT2D eigenvalue weighted by Gasteiger charge is -2.16.